The van der Waals surface area contributed by atoms with Crippen LogP contribution in [0.25, 0.3) is 0 Å². The van der Waals surface area contributed by atoms with Crippen molar-refractivity contribution in [2.24, 2.45) is 5.92 Å². The number of ether oxygens (including phenoxy) is 2. The fourth-order valence-corrected chi connectivity index (χ4v) is 2.54. The number of Topliss-reactive ketones (excluding diaryl/α,β-unsaturated/α-hetero) is 1. The maximum Gasteiger partial charge on any atom is 0.461 e. The highest BCUT2D eigenvalue weighted by Crippen LogP contribution is 2.28. The third-order valence-electron chi connectivity index (χ3n) is 3.84. The highest BCUT2D eigenvalue weighted by atomic mass is 19.3. The van der Waals surface area contributed by atoms with E-state index in [1.54, 1.807) is 0 Å². The van der Waals surface area contributed by atoms with Crippen molar-refractivity contribution >= 4 is 11.8 Å². The standard InChI is InChI=1S/C20H17F5O4/c1-2-28-18(27)16(17(26)13-6-4-7-14(21)11-13)10-12-5-3-8-15(9-12)29-20(24,25)19(22)23/h3-9,11,16,19H,2,10H2,1H3. The van der Waals surface area contributed by atoms with E-state index < -0.39 is 41.8 Å². The largest absolute Gasteiger partial charge is 0.465 e. The van der Waals surface area contributed by atoms with E-state index in [0.29, 0.717) is 0 Å². The highest BCUT2D eigenvalue weighted by Gasteiger charge is 2.44. The summed E-state index contributed by atoms with van der Waals surface area (Å²) in [6.07, 6.45) is -9.02. The van der Waals surface area contributed by atoms with E-state index in [4.69, 9.17) is 4.74 Å². The van der Waals surface area contributed by atoms with E-state index in [0.717, 1.165) is 24.3 Å². The lowest BCUT2D eigenvalue weighted by atomic mass is 9.91. The van der Waals surface area contributed by atoms with E-state index in [1.165, 1.54) is 31.2 Å². The molecule has 2 aromatic carbocycles. The van der Waals surface area contributed by atoms with E-state index in [9.17, 15) is 31.5 Å². The molecule has 1 unspecified atom stereocenters. The van der Waals surface area contributed by atoms with Gasteiger partial charge in [0.2, 0.25) is 0 Å². The molecule has 0 heterocycles. The summed E-state index contributed by atoms with van der Waals surface area (Å²) < 4.78 is 73.2. The first kappa shape index (κ1) is 22.3. The fraction of sp³-hybridized carbons (Fsp3) is 0.300. The number of carbonyl (C=O) groups is 2. The molecule has 0 saturated carbocycles. The molecule has 0 aliphatic heterocycles. The SMILES string of the molecule is CCOC(=O)C(Cc1cccc(OC(F)(F)C(F)F)c1)C(=O)c1cccc(F)c1. The van der Waals surface area contributed by atoms with Crippen LogP contribution in [-0.4, -0.2) is 30.9 Å². The van der Waals surface area contributed by atoms with Crippen LogP contribution in [0, 0.1) is 11.7 Å². The van der Waals surface area contributed by atoms with Gasteiger partial charge in [0.05, 0.1) is 6.61 Å². The molecule has 0 amide bonds. The minimum atomic E-state index is -4.70. The normalized spacial score (nSPS) is 12.5. The van der Waals surface area contributed by atoms with E-state index >= 15 is 0 Å². The van der Waals surface area contributed by atoms with Crippen molar-refractivity contribution in [2.45, 2.75) is 25.9 Å². The molecule has 0 saturated heterocycles. The van der Waals surface area contributed by atoms with Gasteiger partial charge < -0.3 is 9.47 Å². The minimum Gasteiger partial charge on any atom is -0.465 e. The number of halogens is 5. The Morgan fingerprint density at radius 2 is 1.76 bits per heavy atom. The van der Waals surface area contributed by atoms with Crippen LogP contribution >= 0.6 is 0 Å². The molecule has 0 aromatic heterocycles. The number of carbonyl (C=O) groups excluding carboxylic acids is 2. The number of ketones is 1. The number of rotatable bonds is 9. The molecule has 2 rings (SSSR count). The molecule has 0 spiro atoms. The Bertz CT molecular complexity index is 869. The monoisotopic (exact) mass is 416 g/mol. The van der Waals surface area contributed by atoms with Crippen molar-refractivity contribution in [3.63, 3.8) is 0 Å². The molecule has 2 aromatic rings. The second-order valence-electron chi connectivity index (χ2n) is 6.00. The van der Waals surface area contributed by atoms with Crippen LogP contribution in [0.3, 0.4) is 0 Å². The molecule has 0 radical (unpaired) electrons. The second-order valence-corrected chi connectivity index (χ2v) is 6.00. The van der Waals surface area contributed by atoms with E-state index in [1.807, 2.05) is 0 Å². The summed E-state index contributed by atoms with van der Waals surface area (Å²) in [5.41, 5.74) is 0.120. The molecule has 0 aliphatic rings. The Morgan fingerprint density at radius 3 is 2.38 bits per heavy atom. The Morgan fingerprint density at radius 1 is 1.07 bits per heavy atom. The Kier molecular flexibility index (Phi) is 7.30. The molecular formula is C20H17F5O4. The predicted molar refractivity (Wildman–Crippen MR) is 92.6 cm³/mol. The van der Waals surface area contributed by atoms with E-state index in [2.05, 4.69) is 4.74 Å². The molecule has 9 heteroatoms. The second kappa shape index (κ2) is 9.49. The Hall–Kier alpha value is -2.97. The van der Waals surface area contributed by atoms with Gasteiger partial charge >= 0.3 is 18.5 Å². The first-order chi connectivity index (χ1) is 13.6. The van der Waals surface area contributed by atoms with Crippen LogP contribution in [0.2, 0.25) is 0 Å². The quantitative estimate of drug-likeness (QED) is 0.258. The van der Waals surface area contributed by atoms with Gasteiger partial charge in [-0.1, -0.05) is 24.3 Å². The zero-order valence-corrected chi connectivity index (χ0v) is 15.2. The summed E-state index contributed by atoms with van der Waals surface area (Å²) in [7, 11) is 0. The van der Waals surface area contributed by atoms with Crippen LogP contribution in [0.15, 0.2) is 48.5 Å². The summed E-state index contributed by atoms with van der Waals surface area (Å²) >= 11 is 0. The third kappa shape index (κ3) is 6.00. The van der Waals surface area contributed by atoms with Crippen molar-refractivity contribution < 1.29 is 41.0 Å². The molecule has 0 N–H and O–H groups in total. The molecule has 0 bridgehead atoms. The van der Waals surface area contributed by atoms with Crippen molar-refractivity contribution in [3.05, 3.63) is 65.5 Å². The summed E-state index contributed by atoms with van der Waals surface area (Å²) in [5, 5.41) is 0. The molecule has 1 atom stereocenters. The number of hydrogen-bond acceptors (Lipinski definition) is 4. The summed E-state index contributed by atoms with van der Waals surface area (Å²) in [4.78, 5) is 25.0. The lowest BCUT2D eigenvalue weighted by Gasteiger charge is -2.18. The topological polar surface area (TPSA) is 52.6 Å². The van der Waals surface area contributed by atoms with Crippen molar-refractivity contribution in [1.82, 2.24) is 0 Å². The summed E-state index contributed by atoms with van der Waals surface area (Å²) in [5.74, 6) is -4.24. The smallest absolute Gasteiger partial charge is 0.461 e. The van der Waals surface area contributed by atoms with Crippen molar-refractivity contribution in [1.29, 1.82) is 0 Å². The zero-order chi connectivity index (χ0) is 21.6. The van der Waals surface area contributed by atoms with Crippen LogP contribution in [0.4, 0.5) is 22.0 Å². The van der Waals surface area contributed by atoms with Gasteiger partial charge in [-0.2, -0.15) is 17.6 Å². The van der Waals surface area contributed by atoms with Gasteiger partial charge in [-0.25, -0.2) is 4.39 Å². The van der Waals surface area contributed by atoms with Gasteiger partial charge in [0, 0.05) is 5.56 Å². The van der Waals surface area contributed by atoms with Gasteiger partial charge in [-0.05, 0) is 43.2 Å². The lowest BCUT2D eigenvalue weighted by molar-refractivity contribution is -0.253. The average Bonchev–Trinajstić information content (AvgIpc) is 2.65. The van der Waals surface area contributed by atoms with Crippen molar-refractivity contribution in [3.8, 4) is 5.75 Å². The minimum absolute atomic E-state index is 0.0183. The molecule has 4 nitrogen and oxygen atoms in total. The fourth-order valence-electron chi connectivity index (χ4n) is 2.54. The first-order valence-electron chi connectivity index (χ1n) is 8.54. The maximum atomic E-state index is 13.4. The Balaban J connectivity index is 2.28. The van der Waals surface area contributed by atoms with Gasteiger partial charge in [0.1, 0.15) is 17.5 Å². The first-order valence-corrected chi connectivity index (χ1v) is 8.54. The van der Waals surface area contributed by atoms with Gasteiger partial charge in [0.25, 0.3) is 0 Å². The number of esters is 1. The summed E-state index contributed by atoms with van der Waals surface area (Å²) in [6.45, 7) is 1.51. The number of alkyl halides is 4. The number of hydrogen-bond donors (Lipinski definition) is 0. The number of benzene rings is 2. The highest BCUT2D eigenvalue weighted by molar-refractivity contribution is 6.08. The van der Waals surface area contributed by atoms with Gasteiger partial charge in [-0.15, -0.1) is 0 Å². The third-order valence-corrected chi connectivity index (χ3v) is 3.84. The van der Waals surface area contributed by atoms with Gasteiger partial charge in [-0.3, -0.25) is 9.59 Å². The molecular weight excluding hydrogens is 399 g/mol. The van der Waals surface area contributed by atoms with Crippen LogP contribution < -0.4 is 4.74 Å². The van der Waals surface area contributed by atoms with Crippen molar-refractivity contribution in [2.75, 3.05) is 6.61 Å². The van der Waals surface area contributed by atoms with Crippen LogP contribution in [0.5, 0.6) is 5.75 Å². The molecule has 0 fully saturated rings. The average molecular weight is 416 g/mol. The molecule has 156 valence electrons. The van der Waals surface area contributed by atoms with Crippen LogP contribution in [-0.2, 0) is 16.0 Å². The molecule has 29 heavy (non-hydrogen) atoms. The van der Waals surface area contributed by atoms with Crippen LogP contribution in [0.1, 0.15) is 22.8 Å². The lowest BCUT2D eigenvalue weighted by Crippen LogP contribution is -2.33. The maximum absolute atomic E-state index is 13.4. The molecule has 0 aliphatic carbocycles. The summed E-state index contributed by atoms with van der Waals surface area (Å²) in [6, 6.07) is 9.40. The van der Waals surface area contributed by atoms with Gasteiger partial charge in [0.15, 0.2) is 5.78 Å². The Labute approximate surface area is 163 Å². The van der Waals surface area contributed by atoms with E-state index in [-0.39, 0.29) is 24.2 Å². The zero-order valence-electron chi connectivity index (χ0n) is 15.2. The predicted octanol–water partition coefficient (Wildman–Crippen LogP) is 4.67.